The van der Waals surface area contributed by atoms with Gasteiger partial charge in [0.05, 0.1) is 10.5 Å². The van der Waals surface area contributed by atoms with Gasteiger partial charge in [-0.1, -0.05) is 0 Å². The molecular formula is C18H18F2O4S. The lowest BCUT2D eigenvalue weighted by Gasteiger charge is -2.20. The molecule has 0 N–H and O–H groups in total. The summed E-state index contributed by atoms with van der Waals surface area (Å²) in [5.41, 5.74) is -0.686. The predicted octanol–water partition coefficient (Wildman–Crippen LogP) is 3.99. The molecule has 0 heterocycles. The van der Waals surface area contributed by atoms with Gasteiger partial charge in [-0.2, -0.15) is 0 Å². The fraction of sp³-hybridized carbons (Fsp3) is 0.278. The number of rotatable bonds is 3. The summed E-state index contributed by atoms with van der Waals surface area (Å²) < 4.78 is 56.2. The normalized spacial score (nSPS) is 12.1. The smallest absolute Gasteiger partial charge is 0.338 e. The van der Waals surface area contributed by atoms with E-state index in [9.17, 15) is 22.0 Å². The summed E-state index contributed by atoms with van der Waals surface area (Å²) in [6.45, 7) is 5.02. The fourth-order valence-electron chi connectivity index (χ4n) is 2.15. The minimum absolute atomic E-state index is 0.0169. The number of sulfone groups is 1. The molecule has 4 nitrogen and oxygen atoms in total. The third kappa shape index (κ3) is 4.85. The second-order valence-electron chi connectivity index (χ2n) is 6.64. The van der Waals surface area contributed by atoms with E-state index in [0.29, 0.717) is 6.07 Å². The van der Waals surface area contributed by atoms with E-state index in [1.54, 1.807) is 20.8 Å². The Morgan fingerprint density at radius 3 is 2.20 bits per heavy atom. The largest absolute Gasteiger partial charge is 0.456 e. The maximum absolute atomic E-state index is 14.1. The van der Waals surface area contributed by atoms with Crippen LogP contribution in [0.15, 0.2) is 41.3 Å². The lowest BCUT2D eigenvalue weighted by atomic mass is 10.0. The van der Waals surface area contributed by atoms with E-state index in [0.717, 1.165) is 12.3 Å². The molecule has 0 radical (unpaired) electrons. The van der Waals surface area contributed by atoms with E-state index in [-0.39, 0.29) is 21.6 Å². The molecule has 2 aromatic rings. The molecule has 0 aliphatic rings. The van der Waals surface area contributed by atoms with Crippen molar-refractivity contribution in [1.29, 1.82) is 0 Å². The van der Waals surface area contributed by atoms with Crippen LogP contribution in [0, 0.1) is 11.6 Å². The number of carbonyl (C=O) groups excluding carboxylic acids is 1. The lowest BCUT2D eigenvalue weighted by molar-refractivity contribution is 0.00693. The number of hydrogen-bond acceptors (Lipinski definition) is 4. The van der Waals surface area contributed by atoms with Crippen molar-refractivity contribution < 1.29 is 26.7 Å². The Morgan fingerprint density at radius 1 is 1.04 bits per heavy atom. The number of halogens is 2. The molecule has 0 aliphatic heterocycles. The van der Waals surface area contributed by atoms with Crippen LogP contribution in [0.25, 0.3) is 11.1 Å². The minimum atomic E-state index is -3.66. The van der Waals surface area contributed by atoms with Crippen molar-refractivity contribution >= 4 is 15.8 Å². The van der Waals surface area contributed by atoms with Crippen molar-refractivity contribution in [2.75, 3.05) is 6.26 Å². The van der Waals surface area contributed by atoms with Crippen LogP contribution in [-0.2, 0) is 14.6 Å². The first-order chi connectivity index (χ1) is 11.4. The minimum Gasteiger partial charge on any atom is -0.456 e. The zero-order chi connectivity index (χ0) is 19.0. The van der Waals surface area contributed by atoms with Gasteiger partial charge in [0.1, 0.15) is 17.2 Å². The summed E-state index contributed by atoms with van der Waals surface area (Å²) in [5.74, 6) is -2.35. The molecule has 25 heavy (non-hydrogen) atoms. The second-order valence-corrected chi connectivity index (χ2v) is 8.66. The highest BCUT2D eigenvalue weighted by Crippen LogP contribution is 2.28. The summed E-state index contributed by atoms with van der Waals surface area (Å²) in [6.07, 6.45) is 0.978. The quantitative estimate of drug-likeness (QED) is 0.769. The molecule has 0 saturated heterocycles. The van der Waals surface area contributed by atoms with Crippen molar-refractivity contribution in [3.63, 3.8) is 0 Å². The van der Waals surface area contributed by atoms with Crippen LogP contribution in [0.3, 0.4) is 0 Å². The van der Waals surface area contributed by atoms with Gasteiger partial charge in [-0.25, -0.2) is 22.0 Å². The lowest BCUT2D eigenvalue weighted by Crippen LogP contribution is -2.24. The molecule has 0 saturated carbocycles. The summed E-state index contributed by atoms with van der Waals surface area (Å²) in [7, 11) is -3.66. The van der Waals surface area contributed by atoms with Crippen LogP contribution in [0.2, 0.25) is 0 Å². The van der Waals surface area contributed by atoms with Gasteiger partial charge in [0.25, 0.3) is 0 Å². The first kappa shape index (κ1) is 19.1. The first-order valence-electron chi connectivity index (χ1n) is 7.41. The van der Waals surface area contributed by atoms with E-state index in [1.807, 2.05) is 0 Å². The van der Waals surface area contributed by atoms with Gasteiger partial charge in [0.2, 0.25) is 0 Å². The molecule has 0 amide bonds. The van der Waals surface area contributed by atoms with Crippen LogP contribution in [0.5, 0.6) is 0 Å². The SMILES string of the molecule is CC(C)(C)OC(=O)c1cc(-c2ccc(F)cc2F)cc(S(C)(=O)=O)c1. The highest BCUT2D eigenvalue weighted by Gasteiger charge is 2.21. The number of hydrogen-bond donors (Lipinski definition) is 0. The number of esters is 1. The number of ether oxygens (including phenoxy) is 1. The van der Waals surface area contributed by atoms with Crippen LogP contribution in [-0.4, -0.2) is 26.2 Å². The third-order valence-electron chi connectivity index (χ3n) is 3.21. The standard InChI is InChI=1S/C18H18F2O4S/c1-18(2,3)24-17(21)12-7-11(8-14(9-12)25(4,22)23)15-6-5-13(19)10-16(15)20/h5-10H,1-4H3. The summed E-state index contributed by atoms with van der Waals surface area (Å²) in [5, 5.41) is 0. The molecule has 0 atom stereocenters. The Morgan fingerprint density at radius 2 is 1.68 bits per heavy atom. The Hall–Kier alpha value is -2.28. The zero-order valence-electron chi connectivity index (χ0n) is 14.3. The maximum Gasteiger partial charge on any atom is 0.338 e. The van der Waals surface area contributed by atoms with Gasteiger partial charge in [-0.15, -0.1) is 0 Å². The number of benzene rings is 2. The molecule has 134 valence electrons. The summed E-state index contributed by atoms with van der Waals surface area (Å²) in [6, 6.07) is 6.66. The van der Waals surface area contributed by atoms with Crippen LogP contribution in [0.4, 0.5) is 8.78 Å². The average molecular weight is 368 g/mol. The maximum atomic E-state index is 14.1. The molecule has 2 aromatic carbocycles. The average Bonchev–Trinajstić information content (AvgIpc) is 2.44. The van der Waals surface area contributed by atoms with Crippen LogP contribution in [0.1, 0.15) is 31.1 Å². The van der Waals surface area contributed by atoms with Gasteiger partial charge in [-0.3, -0.25) is 0 Å². The highest BCUT2D eigenvalue weighted by atomic mass is 32.2. The fourth-order valence-corrected chi connectivity index (χ4v) is 2.83. The van der Waals surface area contributed by atoms with Crippen molar-refractivity contribution in [3.05, 3.63) is 53.6 Å². The topological polar surface area (TPSA) is 60.4 Å². The molecule has 0 aromatic heterocycles. The molecule has 0 fully saturated rings. The van der Waals surface area contributed by atoms with Crippen LogP contribution < -0.4 is 0 Å². The van der Waals surface area contributed by atoms with Crippen LogP contribution >= 0.6 is 0 Å². The number of carbonyl (C=O) groups is 1. The highest BCUT2D eigenvalue weighted by molar-refractivity contribution is 7.90. The predicted molar refractivity (Wildman–Crippen MR) is 90.1 cm³/mol. The Bertz CT molecular complexity index is 929. The second kappa shape index (κ2) is 6.55. The van der Waals surface area contributed by atoms with E-state index in [4.69, 9.17) is 4.74 Å². The van der Waals surface area contributed by atoms with Crippen molar-refractivity contribution in [2.45, 2.75) is 31.3 Å². The molecule has 0 unspecified atom stereocenters. The van der Waals surface area contributed by atoms with Gasteiger partial charge in [0, 0.05) is 17.9 Å². The summed E-state index contributed by atoms with van der Waals surface area (Å²) in [4.78, 5) is 12.1. The van der Waals surface area contributed by atoms with E-state index in [1.165, 1.54) is 24.3 Å². The molecular weight excluding hydrogens is 350 g/mol. The third-order valence-corrected chi connectivity index (χ3v) is 4.30. The molecule has 2 rings (SSSR count). The molecule has 7 heteroatoms. The van der Waals surface area contributed by atoms with Gasteiger partial charge in [-0.05, 0) is 56.7 Å². The molecule has 0 bridgehead atoms. The van der Waals surface area contributed by atoms with E-state index >= 15 is 0 Å². The molecule has 0 spiro atoms. The Kier molecular flexibility index (Phi) is 4.99. The van der Waals surface area contributed by atoms with Gasteiger partial charge in [0.15, 0.2) is 9.84 Å². The van der Waals surface area contributed by atoms with E-state index < -0.39 is 33.0 Å². The zero-order valence-corrected chi connectivity index (χ0v) is 15.1. The molecule has 0 aliphatic carbocycles. The Labute approximate surface area is 145 Å². The van der Waals surface area contributed by atoms with Gasteiger partial charge < -0.3 is 4.74 Å². The summed E-state index contributed by atoms with van der Waals surface area (Å²) >= 11 is 0. The monoisotopic (exact) mass is 368 g/mol. The van der Waals surface area contributed by atoms with Crippen molar-refractivity contribution in [1.82, 2.24) is 0 Å². The van der Waals surface area contributed by atoms with E-state index in [2.05, 4.69) is 0 Å². The van der Waals surface area contributed by atoms with Gasteiger partial charge >= 0.3 is 5.97 Å². The first-order valence-corrected chi connectivity index (χ1v) is 9.30. The Balaban J connectivity index is 2.65. The van der Waals surface area contributed by atoms with Crippen molar-refractivity contribution in [3.8, 4) is 11.1 Å². The van der Waals surface area contributed by atoms with Crippen molar-refractivity contribution in [2.24, 2.45) is 0 Å².